The third-order valence-corrected chi connectivity index (χ3v) is 3.90. The topological polar surface area (TPSA) is 68.3 Å². The first-order chi connectivity index (χ1) is 10.1. The van der Waals surface area contributed by atoms with Crippen LogP contribution in [0.15, 0.2) is 18.2 Å². The molecule has 0 aliphatic carbocycles. The lowest BCUT2D eigenvalue weighted by molar-refractivity contribution is -0.144. The second kappa shape index (κ2) is 7.17. The molecule has 1 aromatic heterocycles. The monoisotopic (exact) mass is 306 g/mol. The summed E-state index contributed by atoms with van der Waals surface area (Å²) in [5.74, 6) is -0.581. The predicted molar refractivity (Wildman–Crippen MR) is 83.5 cm³/mol. The van der Waals surface area contributed by atoms with Crippen LogP contribution < -0.4 is 5.32 Å². The van der Waals surface area contributed by atoms with Gasteiger partial charge in [-0.15, -0.1) is 0 Å². The summed E-state index contributed by atoms with van der Waals surface area (Å²) in [7, 11) is 0. The summed E-state index contributed by atoms with van der Waals surface area (Å²) < 4.78 is 5.84. The first-order valence-corrected chi connectivity index (χ1v) is 7.79. The van der Waals surface area contributed by atoms with Gasteiger partial charge in [0.05, 0.1) is 23.2 Å². The number of nitrogens with zero attached hydrogens (tertiary/aromatic N) is 1. The number of benzene rings is 1. The van der Waals surface area contributed by atoms with E-state index in [2.05, 4.69) is 23.3 Å². The zero-order valence-electron chi connectivity index (χ0n) is 12.1. The van der Waals surface area contributed by atoms with Gasteiger partial charge in [0, 0.05) is 6.42 Å². The average molecular weight is 306 g/mol. The van der Waals surface area contributed by atoms with E-state index < -0.39 is 0 Å². The van der Waals surface area contributed by atoms with Crippen molar-refractivity contribution in [2.24, 2.45) is 0 Å². The Morgan fingerprint density at radius 2 is 2.10 bits per heavy atom. The number of rotatable bonds is 6. The minimum Gasteiger partial charge on any atom is -0.466 e. The molecule has 2 aromatic rings. The SMILES string of the molecule is CCOC(=O)CCC(=O)Nc1nc2ccc(CC)cc2s1. The van der Waals surface area contributed by atoms with Crippen molar-refractivity contribution in [2.45, 2.75) is 33.1 Å². The number of hydrogen-bond donors (Lipinski definition) is 1. The van der Waals surface area contributed by atoms with Crippen molar-refractivity contribution < 1.29 is 14.3 Å². The summed E-state index contributed by atoms with van der Waals surface area (Å²) in [5.41, 5.74) is 2.12. The van der Waals surface area contributed by atoms with E-state index in [1.807, 2.05) is 12.1 Å². The van der Waals surface area contributed by atoms with Crippen LogP contribution in [0.25, 0.3) is 10.2 Å². The molecule has 0 aliphatic rings. The maximum Gasteiger partial charge on any atom is 0.306 e. The largest absolute Gasteiger partial charge is 0.466 e. The lowest BCUT2D eigenvalue weighted by atomic mass is 10.2. The Labute approximate surface area is 127 Å². The van der Waals surface area contributed by atoms with E-state index in [-0.39, 0.29) is 24.7 Å². The fourth-order valence-corrected chi connectivity index (χ4v) is 2.82. The Hall–Kier alpha value is -1.95. The Morgan fingerprint density at radius 1 is 1.29 bits per heavy atom. The van der Waals surface area contributed by atoms with E-state index in [1.165, 1.54) is 16.9 Å². The van der Waals surface area contributed by atoms with Crippen molar-refractivity contribution in [3.05, 3.63) is 23.8 Å². The summed E-state index contributed by atoms with van der Waals surface area (Å²) in [5, 5.41) is 3.29. The summed E-state index contributed by atoms with van der Waals surface area (Å²) in [4.78, 5) is 27.3. The zero-order chi connectivity index (χ0) is 15.2. The highest BCUT2D eigenvalue weighted by Gasteiger charge is 2.10. The van der Waals surface area contributed by atoms with E-state index in [1.54, 1.807) is 6.92 Å². The van der Waals surface area contributed by atoms with E-state index in [9.17, 15) is 9.59 Å². The predicted octanol–water partition coefficient (Wildman–Crippen LogP) is 3.14. The number of aromatic nitrogens is 1. The number of fused-ring (bicyclic) bond motifs is 1. The van der Waals surface area contributed by atoms with Gasteiger partial charge < -0.3 is 10.1 Å². The second-order valence-electron chi connectivity index (χ2n) is 4.53. The molecule has 6 heteroatoms. The van der Waals surface area contributed by atoms with Gasteiger partial charge in [-0.05, 0) is 31.0 Å². The minimum absolute atomic E-state index is 0.0878. The molecule has 0 saturated heterocycles. The lowest BCUT2D eigenvalue weighted by Crippen LogP contribution is -2.14. The van der Waals surface area contributed by atoms with Gasteiger partial charge in [-0.2, -0.15) is 0 Å². The molecule has 0 saturated carbocycles. The number of amides is 1. The number of nitrogens with one attached hydrogen (secondary N) is 1. The number of aryl methyl sites for hydroxylation is 1. The molecule has 0 aliphatic heterocycles. The van der Waals surface area contributed by atoms with Gasteiger partial charge in [0.15, 0.2) is 5.13 Å². The highest BCUT2D eigenvalue weighted by molar-refractivity contribution is 7.22. The van der Waals surface area contributed by atoms with Crippen LogP contribution in [0.4, 0.5) is 5.13 Å². The van der Waals surface area contributed by atoms with Gasteiger partial charge >= 0.3 is 5.97 Å². The fraction of sp³-hybridized carbons (Fsp3) is 0.400. The molecule has 1 amide bonds. The van der Waals surface area contributed by atoms with Crippen LogP contribution in [0.3, 0.4) is 0 Å². The van der Waals surface area contributed by atoms with Gasteiger partial charge in [0.1, 0.15) is 0 Å². The summed E-state index contributed by atoms with van der Waals surface area (Å²) in [6.45, 7) is 4.17. The maximum absolute atomic E-state index is 11.8. The van der Waals surface area contributed by atoms with E-state index in [0.717, 1.165) is 16.6 Å². The molecule has 112 valence electrons. The first-order valence-electron chi connectivity index (χ1n) is 6.97. The Balaban J connectivity index is 1.96. The van der Waals surface area contributed by atoms with Gasteiger partial charge in [-0.3, -0.25) is 9.59 Å². The molecule has 0 bridgehead atoms. The van der Waals surface area contributed by atoms with Crippen LogP contribution in [0.2, 0.25) is 0 Å². The first kappa shape index (κ1) is 15.4. The van der Waals surface area contributed by atoms with Crippen molar-refractivity contribution in [1.29, 1.82) is 0 Å². The number of carbonyl (C=O) groups is 2. The molecule has 21 heavy (non-hydrogen) atoms. The van der Waals surface area contributed by atoms with Crippen LogP contribution >= 0.6 is 11.3 Å². The van der Waals surface area contributed by atoms with Crippen molar-refractivity contribution in [2.75, 3.05) is 11.9 Å². The number of carbonyl (C=O) groups excluding carboxylic acids is 2. The highest BCUT2D eigenvalue weighted by atomic mass is 32.1. The molecule has 1 N–H and O–H groups in total. The van der Waals surface area contributed by atoms with Gasteiger partial charge in [0.2, 0.25) is 5.91 Å². The van der Waals surface area contributed by atoms with Crippen LogP contribution in [0.1, 0.15) is 32.3 Å². The normalized spacial score (nSPS) is 10.6. The molecule has 5 nitrogen and oxygen atoms in total. The maximum atomic E-state index is 11.8. The minimum atomic E-state index is -0.357. The number of ether oxygens (including phenoxy) is 1. The third-order valence-electron chi connectivity index (χ3n) is 2.97. The molecule has 0 unspecified atom stereocenters. The van der Waals surface area contributed by atoms with Crippen LogP contribution in [-0.4, -0.2) is 23.5 Å². The number of esters is 1. The van der Waals surface area contributed by atoms with Crippen molar-refractivity contribution in [3.8, 4) is 0 Å². The van der Waals surface area contributed by atoms with Crippen molar-refractivity contribution in [3.63, 3.8) is 0 Å². The van der Waals surface area contributed by atoms with Crippen LogP contribution in [0, 0.1) is 0 Å². The van der Waals surface area contributed by atoms with Crippen molar-refractivity contribution in [1.82, 2.24) is 4.98 Å². The van der Waals surface area contributed by atoms with Gasteiger partial charge in [-0.1, -0.05) is 24.3 Å². The molecule has 1 aromatic carbocycles. The van der Waals surface area contributed by atoms with E-state index in [4.69, 9.17) is 4.74 Å². The second-order valence-corrected chi connectivity index (χ2v) is 5.56. The third kappa shape index (κ3) is 4.26. The molecular formula is C15H18N2O3S. The Bertz CT molecular complexity index is 651. The number of anilines is 1. The fourth-order valence-electron chi connectivity index (χ4n) is 1.87. The molecular weight excluding hydrogens is 288 g/mol. The summed E-state index contributed by atoms with van der Waals surface area (Å²) in [6, 6.07) is 6.08. The smallest absolute Gasteiger partial charge is 0.306 e. The van der Waals surface area contributed by atoms with Crippen LogP contribution in [-0.2, 0) is 20.7 Å². The number of hydrogen-bond acceptors (Lipinski definition) is 5. The average Bonchev–Trinajstić information content (AvgIpc) is 2.86. The van der Waals surface area contributed by atoms with Crippen LogP contribution in [0.5, 0.6) is 0 Å². The molecule has 0 spiro atoms. The highest BCUT2D eigenvalue weighted by Crippen LogP contribution is 2.27. The molecule has 0 radical (unpaired) electrons. The van der Waals surface area contributed by atoms with E-state index in [0.29, 0.717) is 11.7 Å². The summed E-state index contributed by atoms with van der Waals surface area (Å²) >= 11 is 1.44. The molecule has 1 heterocycles. The van der Waals surface area contributed by atoms with Gasteiger partial charge in [0.25, 0.3) is 0 Å². The zero-order valence-corrected chi connectivity index (χ0v) is 13.0. The Morgan fingerprint density at radius 3 is 2.81 bits per heavy atom. The standard InChI is InChI=1S/C15H18N2O3S/c1-3-10-5-6-11-12(9-10)21-15(16-11)17-13(18)7-8-14(19)20-4-2/h5-6,9H,3-4,7-8H2,1-2H3,(H,16,17,18). The molecule has 2 rings (SSSR count). The quantitative estimate of drug-likeness (QED) is 0.832. The molecule has 0 fully saturated rings. The van der Waals surface area contributed by atoms with Gasteiger partial charge in [-0.25, -0.2) is 4.98 Å². The summed E-state index contributed by atoms with van der Waals surface area (Å²) in [6.07, 6.45) is 1.16. The molecule has 0 atom stereocenters. The number of thiazole rings is 1. The van der Waals surface area contributed by atoms with Crippen molar-refractivity contribution >= 4 is 38.6 Å². The van der Waals surface area contributed by atoms with E-state index >= 15 is 0 Å². The Kier molecular flexibility index (Phi) is 5.27. The lowest BCUT2D eigenvalue weighted by Gasteiger charge is -2.01.